The summed E-state index contributed by atoms with van der Waals surface area (Å²) >= 11 is 0. The van der Waals surface area contributed by atoms with E-state index in [2.05, 4.69) is 0 Å². The van der Waals surface area contributed by atoms with Gasteiger partial charge in [-0.25, -0.2) is 8.42 Å². The van der Waals surface area contributed by atoms with Gasteiger partial charge in [0.25, 0.3) is 0 Å². The van der Waals surface area contributed by atoms with Crippen molar-refractivity contribution in [3.8, 4) is 0 Å². The minimum Gasteiger partial charge on any atom is -0.398 e. The van der Waals surface area contributed by atoms with Crippen molar-refractivity contribution < 1.29 is 13.5 Å². The number of aliphatic hydroxyl groups is 1. The van der Waals surface area contributed by atoms with Gasteiger partial charge in [-0.2, -0.15) is 4.31 Å². The van der Waals surface area contributed by atoms with Gasteiger partial charge >= 0.3 is 0 Å². The lowest BCUT2D eigenvalue weighted by Gasteiger charge is -2.16. The highest BCUT2D eigenvalue weighted by atomic mass is 32.2. The molecule has 0 saturated heterocycles. The van der Waals surface area contributed by atoms with E-state index in [4.69, 9.17) is 10.8 Å². The summed E-state index contributed by atoms with van der Waals surface area (Å²) in [6, 6.07) is 4.72. The van der Waals surface area contributed by atoms with E-state index in [0.717, 1.165) is 16.3 Å². The smallest absolute Gasteiger partial charge is 0.242 e. The van der Waals surface area contributed by atoms with E-state index in [0.29, 0.717) is 5.69 Å². The molecule has 96 valence electrons. The van der Waals surface area contributed by atoms with Crippen LogP contribution in [-0.4, -0.2) is 38.0 Å². The Balaban J connectivity index is 3.12. The predicted octanol–water partition coefficient (Wildman–Crippen LogP) is 0.444. The number of nitrogens with zero attached hydrogens (tertiary/aromatic N) is 1. The van der Waals surface area contributed by atoms with Crippen molar-refractivity contribution in [1.82, 2.24) is 4.31 Å². The number of anilines is 1. The molecule has 17 heavy (non-hydrogen) atoms. The van der Waals surface area contributed by atoms with Crippen LogP contribution >= 0.6 is 0 Å². The molecule has 3 N–H and O–H groups in total. The standard InChI is InChI=1S/C11H18N2O3S/c1-3-9-4-5-10(8-11(9)12)17(15,16)13(2)6-7-14/h4-5,8,14H,3,6-7,12H2,1-2H3. The van der Waals surface area contributed by atoms with Crippen LogP contribution in [0.25, 0.3) is 0 Å². The monoisotopic (exact) mass is 258 g/mol. The van der Waals surface area contributed by atoms with Crippen LogP contribution in [0.15, 0.2) is 23.1 Å². The van der Waals surface area contributed by atoms with Crippen molar-refractivity contribution in [1.29, 1.82) is 0 Å². The Bertz CT molecular complexity index is 485. The lowest BCUT2D eigenvalue weighted by Crippen LogP contribution is -2.29. The van der Waals surface area contributed by atoms with E-state index in [-0.39, 0.29) is 18.0 Å². The summed E-state index contributed by atoms with van der Waals surface area (Å²) in [6.45, 7) is 1.81. The molecule has 0 saturated carbocycles. The SMILES string of the molecule is CCc1ccc(S(=O)(=O)N(C)CCO)cc1N. The third-order valence-electron chi connectivity index (χ3n) is 2.62. The van der Waals surface area contributed by atoms with Gasteiger partial charge in [0, 0.05) is 19.3 Å². The number of benzene rings is 1. The summed E-state index contributed by atoms with van der Waals surface area (Å²) < 4.78 is 25.2. The van der Waals surface area contributed by atoms with E-state index < -0.39 is 10.0 Å². The van der Waals surface area contributed by atoms with Crippen molar-refractivity contribution in [2.24, 2.45) is 0 Å². The Morgan fingerprint density at radius 1 is 1.41 bits per heavy atom. The minimum atomic E-state index is -3.56. The van der Waals surface area contributed by atoms with E-state index in [1.165, 1.54) is 13.1 Å². The Morgan fingerprint density at radius 2 is 2.06 bits per heavy atom. The molecule has 0 spiro atoms. The van der Waals surface area contributed by atoms with Crippen LogP contribution in [0.2, 0.25) is 0 Å². The van der Waals surface area contributed by atoms with E-state index in [9.17, 15) is 8.42 Å². The molecule has 0 aliphatic rings. The molecule has 0 atom stereocenters. The van der Waals surface area contributed by atoms with Gasteiger partial charge in [-0.1, -0.05) is 13.0 Å². The third-order valence-corrected chi connectivity index (χ3v) is 4.47. The van der Waals surface area contributed by atoms with Gasteiger partial charge in [0.2, 0.25) is 10.0 Å². The summed E-state index contributed by atoms with van der Waals surface area (Å²) in [6.07, 6.45) is 0.763. The summed E-state index contributed by atoms with van der Waals surface area (Å²) in [5, 5.41) is 8.75. The van der Waals surface area contributed by atoms with Crippen LogP contribution in [0.3, 0.4) is 0 Å². The minimum absolute atomic E-state index is 0.0672. The van der Waals surface area contributed by atoms with Crippen molar-refractivity contribution in [2.75, 3.05) is 25.9 Å². The van der Waals surface area contributed by atoms with E-state index >= 15 is 0 Å². The van der Waals surface area contributed by atoms with Crippen molar-refractivity contribution in [3.05, 3.63) is 23.8 Å². The molecule has 5 nitrogen and oxygen atoms in total. The van der Waals surface area contributed by atoms with Crippen molar-refractivity contribution in [2.45, 2.75) is 18.2 Å². The quantitative estimate of drug-likeness (QED) is 0.751. The number of rotatable bonds is 5. The summed E-state index contributed by atoms with van der Waals surface area (Å²) in [7, 11) is -2.13. The molecule has 6 heteroatoms. The molecular formula is C11H18N2O3S. The second-order valence-corrected chi connectivity index (χ2v) is 5.81. The van der Waals surface area contributed by atoms with Crippen LogP contribution in [0.4, 0.5) is 5.69 Å². The van der Waals surface area contributed by atoms with Crippen LogP contribution in [0, 0.1) is 0 Å². The normalized spacial score (nSPS) is 12.0. The summed E-state index contributed by atoms with van der Waals surface area (Å²) in [5.74, 6) is 0. The molecule has 1 aromatic carbocycles. The van der Waals surface area contributed by atoms with Gasteiger partial charge in [-0.05, 0) is 24.1 Å². The summed E-state index contributed by atoms with van der Waals surface area (Å²) in [4.78, 5) is 0.156. The van der Waals surface area contributed by atoms with Gasteiger partial charge < -0.3 is 10.8 Å². The zero-order valence-electron chi connectivity index (χ0n) is 10.0. The Hall–Kier alpha value is -1.11. The molecule has 0 amide bonds. The Morgan fingerprint density at radius 3 is 2.53 bits per heavy atom. The lowest BCUT2D eigenvalue weighted by atomic mass is 10.1. The first kappa shape index (κ1) is 14.0. The average molecular weight is 258 g/mol. The molecule has 0 radical (unpaired) electrons. The maximum absolute atomic E-state index is 12.0. The van der Waals surface area contributed by atoms with Gasteiger partial charge in [0.15, 0.2) is 0 Å². The Kier molecular flexibility index (Phi) is 4.50. The van der Waals surface area contributed by atoms with Crippen molar-refractivity contribution in [3.63, 3.8) is 0 Å². The first-order valence-electron chi connectivity index (χ1n) is 5.39. The number of hydrogen-bond acceptors (Lipinski definition) is 4. The van der Waals surface area contributed by atoms with Crippen LogP contribution in [0.5, 0.6) is 0 Å². The topological polar surface area (TPSA) is 83.6 Å². The number of hydrogen-bond donors (Lipinski definition) is 2. The number of nitrogen functional groups attached to an aromatic ring is 1. The molecule has 0 aliphatic carbocycles. The predicted molar refractivity (Wildman–Crippen MR) is 67.1 cm³/mol. The highest BCUT2D eigenvalue weighted by Crippen LogP contribution is 2.20. The third kappa shape index (κ3) is 2.96. The zero-order chi connectivity index (χ0) is 13.1. The fraction of sp³-hybridized carbons (Fsp3) is 0.455. The van der Waals surface area contributed by atoms with Crippen LogP contribution in [0.1, 0.15) is 12.5 Å². The average Bonchev–Trinajstić information content (AvgIpc) is 2.29. The number of likely N-dealkylation sites (N-methyl/N-ethyl adjacent to an activating group) is 1. The number of aryl methyl sites for hydroxylation is 1. The number of sulfonamides is 1. The maximum Gasteiger partial charge on any atom is 0.242 e. The molecule has 0 aliphatic heterocycles. The molecule has 0 aromatic heterocycles. The first-order chi connectivity index (χ1) is 7.93. The zero-order valence-corrected chi connectivity index (χ0v) is 10.9. The molecule has 1 aromatic rings. The van der Waals surface area contributed by atoms with Crippen molar-refractivity contribution >= 4 is 15.7 Å². The fourth-order valence-electron chi connectivity index (χ4n) is 1.50. The highest BCUT2D eigenvalue weighted by Gasteiger charge is 2.20. The van der Waals surface area contributed by atoms with Gasteiger partial charge in [0.1, 0.15) is 0 Å². The van der Waals surface area contributed by atoms with Gasteiger partial charge in [0.05, 0.1) is 11.5 Å². The van der Waals surface area contributed by atoms with Crippen LogP contribution in [-0.2, 0) is 16.4 Å². The Labute approximate surface area is 102 Å². The van der Waals surface area contributed by atoms with E-state index in [1.54, 1.807) is 12.1 Å². The van der Waals surface area contributed by atoms with E-state index in [1.807, 2.05) is 6.92 Å². The molecule has 1 rings (SSSR count). The van der Waals surface area contributed by atoms with Gasteiger partial charge in [-0.3, -0.25) is 0 Å². The highest BCUT2D eigenvalue weighted by molar-refractivity contribution is 7.89. The molecule has 0 heterocycles. The second-order valence-electron chi connectivity index (χ2n) is 3.76. The number of nitrogens with two attached hydrogens (primary N) is 1. The molecule has 0 unspecified atom stereocenters. The van der Waals surface area contributed by atoms with Crippen LogP contribution < -0.4 is 5.73 Å². The second kappa shape index (κ2) is 5.48. The molecule has 0 bridgehead atoms. The summed E-state index contributed by atoms with van der Waals surface area (Å²) in [5.41, 5.74) is 7.17. The largest absolute Gasteiger partial charge is 0.398 e. The molecule has 0 fully saturated rings. The lowest BCUT2D eigenvalue weighted by molar-refractivity contribution is 0.266. The first-order valence-corrected chi connectivity index (χ1v) is 6.83. The fourth-order valence-corrected chi connectivity index (χ4v) is 2.69. The maximum atomic E-state index is 12.0. The molecular weight excluding hydrogens is 240 g/mol. The van der Waals surface area contributed by atoms with Gasteiger partial charge in [-0.15, -0.1) is 0 Å². The number of aliphatic hydroxyl groups excluding tert-OH is 1.